The summed E-state index contributed by atoms with van der Waals surface area (Å²) < 4.78 is 0. The molecule has 1 aromatic heterocycles. The van der Waals surface area contributed by atoms with E-state index >= 15 is 0 Å². The monoisotopic (exact) mass is 289 g/mol. The third kappa shape index (κ3) is 3.81. The number of rotatable bonds is 5. The molecule has 0 unspecified atom stereocenters. The molecule has 0 fully saturated rings. The summed E-state index contributed by atoms with van der Waals surface area (Å²) in [4.78, 5) is 16.1. The molecule has 0 aliphatic rings. The van der Waals surface area contributed by atoms with Crippen LogP contribution in [0.2, 0.25) is 0 Å². The first kappa shape index (κ1) is 14.5. The van der Waals surface area contributed by atoms with Crippen molar-refractivity contribution in [3.8, 4) is 0 Å². The number of aromatic nitrogens is 1. The summed E-state index contributed by atoms with van der Waals surface area (Å²) in [5, 5.41) is 8.60. The molecule has 2 amide bonds. The lowest BCUT2D eigenvalue weighted by molar-refractivity contribution is 0.237. The second kappa shape index (κ2) is 7.05. The highest BCUT2D eigenvalue weighted by Crippen LogP contribution is 2.14. The first-order valence-electron chi connectivity index (χ1n) is 6.71. The molecule has 5 heteroatoms. The van der Waals surface area contributed by atoms with Gasteiger partial charge in [0.1, 0.15) is 5.01 Å². The van der Waals surface area contributed by atoms with Gasteiger partial charge in [-0.05, 0) is 24.5 Å². The fraction of sp³-hybridized carbons (Fsp3) is 0.333. The van der Waals surface area contributed by atoms with Crippen molar-refractivity contribution in [2.45, 2.75) is 32.9 Å². The maximum Gasteiger partial charge on any atom is 0.315 e. The average molecular weight is 289 g/mol. The van der Waals surface area contributed by atoms with Gasteiger partial charge in [-0.1, -0.05) is 31.2 Å². The molecule has 0 aliphatic carbocycles. The van der Waals surface area contributed by atoms with Gasteiger partial charge in [-0.25, -0.2) is 9.78 Å². The summed E-state index contributed by atoms with van der Waals surface area (Å²) in [5.41, 5.74) is 2.42. The van der Waals surface area contributed by atoms with Crippen LogP contribution in [-0.4, -0.2) is 11.0 Å². The summed E-state index contributed by atoms with van der Waals surface area (Å²) in [6, 6.07) is 7.91. The molecule has 1 aromatic carbocycles. The predicted octanol–water partition coefficient (Wildman–Crippen LogP) is 3.27. The minimum atomic E-state index is -0.168. The summed E-state index contributed by atoms with van der Waals surface area (Å²) in [6.07, 6.45) is 2.71. The number of urea groups is 1. The number of carbonyl (C=O) groups excluding carboxylic acids is 1. The Bertz CT molecular complexity index is 554. The van der Waals surface area contributed by atoms with Crippen LogP contribution in [0.3, 0.4) is 0 Å². The Balaban J connectivity index is 1.86. The van der Waals surface area contributed by atoms with E-state index in [4.69, 9.17) is 0 Å². The zero-order chi connectivity index (χ0) is 14.4. The van der Waals surface area contributed by atoms with Gasteiger partial charge in [-0.2, -0.15) is 0 Å². The van der Waals surface area contributed by atoms with Gasteiger partial charge in [0, 0.05) is 18.1 Å². The topological polar surface area (TPSA) is 54.0 Å². The predicted molar refractivity (Wildman–Crippen MR) is 81.7 cm³/mol. The van der Waals surface area contributed by atoms with Gasteiger partial charge in [0.25, 0.3) is 0 Å². The van der Waals surface area contributed by atoms with Crippen molar-refractivity contribution in [3.05, 3.63) is 52.0 Å². The quantitative estimate of drug-likeness (QED) is 0.887. The highest BCUT2D eigenvalue weighted by Gasteiger charge is 2.11. The lowest BCUT2D eigenvalue weighted by atomic mass is 10.1. The number of carbonyl (C=O) groups is 1. The molecule has 20 heavy (non-hydrogen) atoms. The highest BCUT2D eigenvalue weighted by atomic mass is 32.1. The van der Waals surface area contributed by atoms with Crippen molar-refractivity contribution in [3.63, 3.8) is 0 Å². The number of benzene rings is 1. The second-order valence-corrected chi connectivity index (χ2v) is 5.47. The molecule has 1 atom stereocenters. The van der Waals surface area contributed by atoms with Gasteiger partial charge in [-0.15, -0.1) is 11.3 Å². The van der Waals surface area contributed by atoms with Gasteiger partial charge in [0.05, 0.1) is 6.04 Å². The van der Waals surface area contributed by atoms with Crippen molar-refractivity contribution in [2.75, 3.05) is 0 Å². The van der Waals surface area contributed by atoms with Gasteiger partial charge in [-0.3, -0.25) is 0 Å². The number of amides is 2. The molecule has 0 bridgehead atoms. The van der Waals surface area contributed by atoms with E-state index in [0.29, 0.717) is 6.54 Å². The van der Waals surface area contributed by atoms with Crippen molar-refractivity contribution in [1.82, 2.24) is 15.6 Å². The first-order chi connectivity index (χ1) is 9.70. The van der Waals surface area contributed by atoms with E-state index in [-0.39, 0.29) is 12.1 Å². The lowest BCUT2D eigenvalue weighted by Gasteiger charge is -2.13. The Morgan fingerprint density at radius 3 is 2.75 bits per heavy atom. The summed E-state index contributed by atoms with van der Waals surface area (Å²) in [7, 11) is 0. The van der Waals surface area contributed by atoms with Crippen molar-refractivity contribution >= 4 is 17.4 Å². The maximum atomic E-state index is 11.9. The number of hydrogen-bond donors (Lipinski definition) is 2. The minimum absolute atomic E-state index is 0.0728. The zero-order valence-corrected chi connectivity index (χ0v) is 12.5. The van der Waals surface area contributed by atoms with Crippen LogP contribution in [0, 0.1) is 0 Å². The zero-order valence-electron chi connectivity index (χ0n) is 11.7. The smallest absolute Gasteiger partial charge is 0.315 e. The Kier molecular flexibility index (Phi) is 5.12. The summed E-state index contributed by atoms with van der Waals surface area (Å²) in [6.45, 7) is 4.59. The van der Waals surface area contributed by atoms with Crippen molar-refractivity contribution in [1.29, 1.82) is 0 Å². The van der Waals surface area contributed by atoms with Gasteiger partial charge in [0.2, 0.25) is 0 Å². The molecule has 0 spiro atoms. The van der Waals surface area contributed by atoms with Crippen LogP contribution < -0.4 is 10.6 Å². The summed E-state index contributed by atoms with van der Waals surface area (Å²) >= 11 is 1.54. The van der Waals surface area contributed by atoms with E-state index in [0.717, 1.165) is 17.0 Å². The van der Waals surface area contributed by atoms with Crippen LogP contribution in [0.1, 0.15) is 36.0 Å². The molecule has 2 N–H and O–H groups in total. The Morgan fingerprint density at radius 2 is 2.10 bits per heavy atom. The largest absolute Gasteiger partial charge is 0.334 e. The summed E-state index contributed by atoms with van der Waals surface area (Å²) in [5.74, 6) is 0. The highest BCUT2D eigenvalue weighted by molar-refractivity contribution is 7.09. The molecular weight excluding hydrogens is 270 g/mol. The average Bonchev–Trinajstić information content (AvgIpc) is 2.99. The molecule has 106 valence electrons. The molecule has 2 aromatic rings. The Hall–Kier alpha value is -1.88. The van der Waals surface area contributed by atoms with Gasteiger partial charge in [0.15, 0.2) is 0 Å². The van der Waals surface area contributed by atoms with E-state index in [1.165, 1.54) is 16.9 Å². The van der Waals surface area contributed by atoms with Crippen LogP contribution in [0.5, 0.6) is 0 Å². The van der Waals surface area contributed by atoms with Crippen molar-refractivity contribution in [2.24, 2.45) is 0 Å². The number of thiazole rings is 1. The number of aryl methyl sites for hydroxylation is 1. The number of nitrogens with zero attached hydrogens (tertiary/aromatic N) is 1. The van der Waals surface area contributed by atoms with E-state index in [1.54, 1.807) is 6.20 Å². The van der Waals surface area contributed by atoms with E-state index in [2.05, 4.69) is 28.6 Å². The fourth-order valence-electron chi connectivity index (χ4n) is 2.01. The van der Waals surface area contributed by atoms with Crippen LogP contribution >= 0.6 is 11.3 Å². The van der Waals surface area contributed by atoms with Gasteiger partial charge < -0.3 is 10.6 Å². The van der Waals surface area contributed by atoms with Crippen molar-refractivity contribution < 1.29 is 4.79 Å². The third-order valence-electron chi connectivity index (χ3n) is 3.11. The normalized spacial score (nSPS) is 11.9. The molecule has 0 saturated carbocycles. The Morgan fingerprint density at radius 1 is 1.35 bits per heavy atom. The van der Waals surface area contributed by atoms with E-state index in [1.807, 2.05) is 30.5 Å². The molecule has 1 heterocycles. The van der Waals surface area contributed by atoms with Gasteiger partial charge >= 0.3 is 6.03 Å². The third-order valence-corrected chi connectivity index (χ3v) is 4.07. The van der Waals surface area contributed by atoms with E-state index < -0.39 is 0 Å². The van der Waals surface area contributed by atoms with E-state index in [9.17, 15) is 4.79 Å². The molecule has 0 saturated heterocycles. The van der Waals surface area contributed by atoms with Crippen LogP contribution in [0.4, 0.5) is 4.79 Å². The van der Waals surface area contributed by atoms with Crippen LogP contribution in [0.25, 0.3) is 0 Å². The first-order valence-corrected chi connectivity index (χ1v) is 7.59. The standard InChI is InChI=1S/C15H19N3OS/c1-3-12-6-4-5-7-13(12)10-17-15(19)18-11(2)14-16-8-9-20-14/h4-9,11H,3,10H2,1-2H3,(H2,17,18,19)/t11-/m0/s1. The Labute approximate surface area is 123 Å². The molecule has 0 radical (unpaired) electrons. The molecular formula is C15H19N3OS. The fourth-order valence-corrected chi connectivity index (χ4v) is 2.65. The molecule has 4 nitrogen and oxygen atoms in total. The number of hydrogen-bond acceptors (Lipinski definition) is 3. The van der Waals surface area contributed by atoms with Crippen LogP contribution in [-0.2, 0) is 13.0 Å². The second-order valence-electron chi connectivity index (χ2n) is 4.54. The number of nitrogens with one attached hydrogen (secondary N) is 2. The molecule has 0 aliphatic heterocycles. The maximum absolute atomic E-state index is 11.9. The molecule has 2 rings (SSSR count). The SMILES string of the molecule is CCc1ccccc1CNC(=O)N[C@@H](C)c1nccs1. The van der Waals surface area contributed by atoms with Crippen LogP contribution in [0.15, 0.2) is 35.8 Å². The lowest BCUT2D eigenvalue weighted by Crippen LogP contribution is -2.36. The minimum Gasteiger partial charge on any atom is -0.334 e.